The highest BCUT2D eigenvalue weighted by Gasteiger charge is 2.18. The molecule has 2 N–H and O–H groups in total. The molecule has 0 aliphatic carbocycles. The second-order valence-electron chi connectivity index (χ2n) is 7.79. The van der Waals surface area contributed by atoms with Crippen LogP contribution in [0.25, 0.3) is 32.3 Å². The molecule has 5 heteroatoms. The van der Waals surface area contributed by atoms with E-state index in [1.165, 1.54) is 50.4 Å². The largest absolute Gasteiger partial charge is 0.480 e. The molecule has 0 saturated heterocycles. The van der Waals surface area contributed by atoms with E-state index in [9.17, 15) is 14.7 Å². The summed E-state index contributed by atoms with van der Waals surface area (Å²) in [5, 5.41) is 19.4. The number of carbonyl (C=O) groups is 2. The fraction of sp³-hybridized carbons (Fsp3) is 0.231. The van der Waals surface area contributed by atoms with E-state index >= 15 is 0 Å². The van der Waals surface area contributed by atoms with Crippen molar-refractivity contribution in [2.45, 2.75) is 32.1 Å². The average Bonchev–Trinajstić information content (AvgIpc) is 2.76. The van der Waals surface area contributed by atoms with Crippen LogP contribution in [0.1, 0.15) is 24.5 Å². The van der Waals surface area contributed by atoms with Crippen LogP contribution in [-0.4, -0.2) is 28.8 Å². The van der Waals surface area contributed by atoms with Crippen LogP contribution in [0, 0.1) is 6.92 Å². The topological polar surface area (TPSA) is 66.4 Å². The summed E-state index contributed by atoms with van der Waals surface area (Å²) in [6.07, 6.45) is 0.393. The van der Waals surface area contributed by atoms with E-state index in [1.54, 1.807) is 11.8 Å². The fourth-order valence-corrected chi connectivity index (χ4v) is 5.38. The Bertz CT molecular complexity index is 1300. The smallest absolute Gasteiger partial charge is 0.326 e. The van der Waals surface area contributed by atoms with Crippen LogP contribution >= 0.6 is 11.8 Å². The van der Waals surface area contributed by atoms with E-state index in [0.29, 0.717) is 12.2 Å². The van der Waals surface area contributed by atoms with Crippen molar-refractivity contribution in [3.8, 4) is 0 Å². The Balaban J connectivity index is 1.71. The Morgan fingerprint density at radius 1 is 0.935 bits per heavy atom. The van der Waals surface area contributed by atoms with E-state index in [2.05, 4.69) is 72.9 Å². The number of fused-ring (bicyclic) bond motifs is 4. The van der Waals surface area contributed by atoms with Crippen molar-refractivity contribution in [3.05, 3.63) is 71.8 Å². The van der Waals surface area contributed by atoms with Gasteiger partial charge in [-0.25, -0.2) is 4.79 Å². The number of hydrogen-bond donors (Lipinski definition) is 2. The molecule has 4 aromatic carbocycles. The molecular weight excluding hydrogens is 406 g/mol. The van der Waals surface area contributed by atoms with Gasteiger partial charge in [0.1, 0.15) is 6.04 Å². The molecule has 158 valence electrons. The van der Waals surface area contributed by atoms with Gasteiger partial charge < -0.3 is 10.4 Å². The molecule has 0 heterocycles. The second-order valence-corrected chi connectivity index (χ2v) is 8.90. The highest BCUT2D eigenvalue weighted by Crippen LogP contribution is 2.38. The number of thioether (sulfide) groups is 1. The van der Waals surface area contributed by atoms with E-state index in [0.717, 1.165) is 5.75 Å². The normalized spacial score (nSPS) is 12.3. The van der Waals surface area contributed by atoms with Crippen molar-refractivity contribution >= 4 is 56.0 Å². The summed E-state index contributed by atoms with van der Waals surface area (Å²) in [4.78, 5) is 22.7. The lowest BCUT2D eigenvalue weighted by Gasteiger charge is -2.17. The van der Waals surface area contributed by atoms with Crippen LogP contribution in [0.4, 0.5) is 0 Å². The number of carbonyl (C=O) groups excluding carboxylic acids is 1. The van der Waals surface area contributed by atoms with Gasteiger partial charge in [-0.3, -0.25) is 4.79 Å². The van der Waals surface area contributed by atoms with Crippen LogP contribution in [0.5, 0.6) is 0 Å². The summed E-state index contributed by atoms with van der Waals surface area (Å²) in [6, 6.07) is 20.5. The highest BCUT2D eigenvalue weighted by atomic mass is 32.2. The van der Waals surface area contributed by atoms with Crippen molar-refractivity contribution in [1.29, 1.82) is 0 Å². The van der Waals surface area contributed by atoms with Gasteiger partial charge in [-0.15, -0.1) is 0 Å². The molecule has 4 rings (SSSR count). The minimum absolute atomic E-state index is 0.320. The van der Waals surface area contributed by atoms with Gasteiger partial charge in [0.25, 0.3) is 0 Å². The zero-order valence-electron chi connectivity index (χ0n) is 17.6. The number of hydrogen-bond acceptors (Lipinski definition) is 3. The summed E-state index contributed by atoms with van der Waals surface area (Å²) in [5.41, 5.74) is 2.56. The Kier molecular flexibility index (Phi) is 6.14. The van der Waals surface area contributed by atoms with E-state index in [-0.39, 0.29) is 5.91 Å². The number of carboxylic acid groups (broad SMARTS) is 1. The first kappa shape index (κ1) is 21.2. The van der Waals surface area contributed by atoms with Gasteiger partial charge in [0.05, 0.1) is 0 Å². The molecule has 0 bridgehead atoms. The first-order chi connectivity index (χ1) is 15.0. The Morgan fingerprint density at radius 2 is 1.61 bits per heavy atom. The predicted molar refractivity (Wildman–Crippen MR) is 130 cm³/mol. The molecule has 0 aliphatic rings. The first-order valence-electron chi connectivity index (χ1n) is 10.4. The lowest BCUT2D eigenvalue weighted by molar-refractivity contribution is -0.141. The Hall–Kier alpha value is -3.05. The molecule has 31 heavy (non-hydrogen) atoms. The predicted octanol–water partition coefficient (Wildman–Crippen LogP) is 5.67. The van der Waals surface area contributed by atoms with Gasteiger partial charge in [-0.05, 0) is 62.5 Å². The monoisotopic (exact) mass is 431 g/mol. The van der Waals surface area contributed by atoms with Crippen LogP contribution in [0.2, 0.25) is 0 Å². The molecule has 4 nitrogen and oxygen atoms in total. The molecule has 1 unspecified atom stereocenters. The quantitative estimate of drug-likeness (QED) is 0.225. The molecule has 0 saturated carbocycles. The third-order valence-corrected chi connectivity index (χ3v) is 6.78. The lowest BCUT2D eigenvalue weighted by atomic mass is 9.90. The number of benzene rings is 4. The molecule has 1 atom stereocenters. The second kappa shape index (κ2) is 8.98. The van der Waals surface area contributed by atoms with Crippen molar-refractivity contribution in [3.63, 3.8) is 0 Å². The van der Waals surface area contributed by atoms with Crippen LogP contribution < -0.4 is 5.32 Å². The summed E-state index contributed by atoms with van der Waals surface area (Å²) in [6.45, 7) is 3.54. The van der Waals surface area contributed by atoms with Crippen molar-refractivity contribution < 1.29 is 14.7 Å². The molecule has 4 aromatic rings. The molecule has 0 aromatic heterocycles. The third kappa shape index (κ3) is 4.23. The summed E-state index contributed by atoms with van der Waals surface area (Å²) >= 11 is 1.71. The van der Waals surface area contributed by atoms with E-state index in [4.69, 9.17) is 0 Å². The van der Waals surface area contributed by atoms with Gasteiger partial charge in [0.2, 0.25) is 5.91 Å². The van der Waals surface area contributed by atoms with Gasteiger partial charge >= 0.3 is 5.97 Å². The minimum atomic E-state index is -0.992. The van der Waals surface area contributed by atoms with Crippen LogP contribution in [0.15, 0.2) is 60.7 Å². The van der Waals surface area contributed by atoms with Gasteiger partial charge in [0.15, 0.2) is 0 Å². The standard InChI is InChI=1S/C26H25NO3S/c1-16-19-8-5-6-10-21(19)23(15-31-14-13-24(26(29)30)27-17(2)28)22-12-11-18-7-3-4-9-20(18)25(16)22/h3-12,24H,13-15H2,1-2H3,(H,27,28)(H,29,30). The molecule has 1 amide bonds. The molecule has 0 fully saturated rings. The molecule has 0 spiro atoms. The number of rotatable bonds is 7. The van der Waals surface area contributed by atoms with Gasteiger partial charge in [0, 0.05) is 12.7 Å². The van der Waals surface area contributed by atoms with E-state index in [1.807, 2.05) is 0 Å². The Labute approximate surface area is 185 Å². The number of carboxylic acids is 1. The van der Waals surface area contributed by atoms with Gasteiger partial charge in [-0.2, -0.15) is 11.8 Å². The summed E-state index contributed by atoms with van der Waals surface area (Å²) in [7, 11) is 0. The number of amides is 1. The average molecular weight is 432 g/mol. The maximum absolute atomic E-state index is 11.4. The first-order valence-corrected chi connectivity index (χ1v) is 11.5. The fourth-order valence-electron chi connectivity index (χ4n) is 4.31. The van der Waals surface area contributed by atoms with Crippen LogP contribution in [0.3, 0.4) is 0 Å². The summed E-state index contributed by atoms with van der Waals surface area (Å²) < 4.78 is 0. The minimum Gasteiger partial charge on any atom is -0.480 e. The van der Waals surface area contributed by atoms with E-state index < -0.39 is 12.0 Å². The Morgan fingerprint density at radius 3 is 2.32 bits per heavy atom. The molecule has 0 aliphatic heterocycles. The third-order valence-electron chi connectivity index (χ3n) is 5.76. The highest BCUT2D eigenvalue weighted by molar-refractivity contribution is 7.98. The van der Waals surface area contributed by atoms with Crippen LogP contribution in [-0.2, 0) is 15.3 Å². The maximum atomic E-state index is 11.4. The summed E-state index contributed by atoms with van der Waals surface area (Å²) in [5.74, 6) is 0.115. The molecule has 0 radical (unpaired) electrons. The van der Waals surface area contributed by atoms with Crippen molar-refractivity contribution in [2.24, 2.45) is 0 Å². The lowest BCUT2D eigenvalue weighted by Crippen LogP contribution is -2.39. The van der Waals surface area contributed by atoms with Crippen molar-refractivity contribution in [1.82, 2.24) is 5.32 Å². The molecular formula is C26H25NO3S. The van der Waals surface area contributed by atoms with Gasteiger partial charge in [-0.1, -0.05) is 60.7 Å². The number of aliphatic carboxylic acids is 1. The van der Waals surface area contributed by atoms with Crippen molar-refractivity contribution in [2.75, 3.05) is 5.75 Å². The number of aryl methyl sites for hydroxylation is 1. The SMILES string of the molecule is CC(=O)NC(CCSCc1c2ccccc2c(C)c2c1ccc1ccccc12)C(=O)O. The number of nitrogens with one attached hydrogen (secondary N) is 1. The zero-order chi connectivity index (χ0) is 22.0. The maximum Gasteiger partial charge on any atom is 0.326 e. The zero-order valence-corrected chi connectivity index (χ0v) is 18.5.